The van der Waals surface area contributed by atoms with Crippen molar-refractivity contribution >= 4 is 39.9 Å². The van der Waals surface area contributed by atoms with Crippen molar-refractivity contribution < 1.29 is 9.53 Å². The standard InChI is InChI=1S/C21H23NO2.ClH/c1-3-22(4-2)13-14-24-21(23)20-15-16-9-5-6-10-17(16)18-11-7-8-12-19(18)20;/h5-12,15H,3-4,13-14H2,1-2H3;1H. The van der Waals surface area contributed by atoms with Crippen LogP contribution in [0.5, 0.6) is 0 Å². The smallest absolute Gasteiger partial charge is 0.338 e. The molecule has 0 bridgehead atoms. The number of fused-ring (bicyclic) bond motifs is 3. The lowest BCUT2D eigenvalue weighted by atomic mass is 9.97. The van der Waals surface area contributed by atoms with Crippen LogP contribution in [0.3, 0.4) is 0 Å². The molecular weight excluding hydrogens is 334 g/mol. The quantitative estimate of drug-likeness (QED) is 0.463. The van der Waals surface area contributed by atoms with E-state index in [1.54, 1.807) is 0 Å². The van der Waals surface area contributed by atoms with Gasteiger partial charge < -0.3 is 9.64 Å². The maximum Gasteiger partial charge on any atom is 0.338 e. The van der Waals surface area contributed by atoms with Crippen LogP contribution in [0.25, 0.3) is 21.5 Å². The first-order valence-electron chi connectivity index (χ1n) is 8.54. The monoisotopic (exact) mass is 357 g/mol. The van der Waals surface area contributed by atoms with Crippen molar-refractivity contribution in [3.05, 3.63) is 60.2 Å². The van der Waals surface area contributed by atoms with E-state index in [1.807, 2.05) is 42.5 Å². The van der Waals surface area contributed by atoms with Gasteiger partial charge in [-0.05, 0) is 40.7 Å². The molecule has 0 aliphatic rings. The summed E-state index contributed by atoms with van der Waals surface area (Å²) in [6, 6.07) is 18.1. The lowest BCUT2D eigenvalue weighted by molar-refractivity contribution is 0.0469. The second kappa shape index (κ2) is 8.84. The number of ether oxygens (including phenoxy) is 1. The van der Waals surface area contributed by atoms with Gasteiger partial charge in [0.05, 0.1) is 5.56 Å². The number of hydrogen-bond acceptors (Lipinski definition) is 3. The van der Waals surface area contributed by atoms with Crippen LogP contribution in [-0.2, 0) is 4.74 Å². The Bertz CT molecular complexity index is 859. The molecule has 0 N–H and O–H groups in total. The minimum Gasteiger partial charge on any atom is -0.461 e. The predicted molar refractivity (Wildman–Crippen MR) is 107 cm³/mol. The minimum absolute atomic E-state index is 0. The summed E-state index contributed by atoms with van der Waals surface area (Å²) in [4.78, 5) is 14.9. The molecule has 25 heavy (non-hydrogen) atoms. The van der Waals surface area contributed by atoms with Gasteiger partial charge in [-0.25, -0.2) is 4.79 Å². The Kier molecular flexibility index (Phi) is 6.80. The molecule has 0 heterocycles. The molecule has 3 nitrogen and oxygen atoms in total. The Hall–Kier alpha value is -2.10. The van der Waals surface area contributed by atoms with Gasteiger partial charge >= 0.3 is 5.97 Å². The molecule has 0 atom stereocenters. The van der Waals surface area contributed by atoms with Gasteiger partial charge in [-0.15, -0.1) is 12.4 Å². The highest BCUT2D eigenvalue weighted by molar-refractivity contribution is 6.15. The highest BCUT2D eigenvalue weighted by Crippen LogP contribution is 2.29. The van der Waals surface area contributed by atoms with Crippen LogP contribution in [0.15, 0.2) is 54.6 Å². The fraction of sp³-hybridized carbons (Fsp3) is 0.286. The first kappa shape index (κ1) is 19.2. The lowest BCUT2D eigenvalue weighted by Gasteiger charge is -2.17. The Morgan fingerprint density at radius 2 is 1.52 bits per heavy atom. The van der Waals surface area contributed by atoms with Crippen molar-refractivity contribution in [3.63, 3.8) is 0 Å². The third kappa shape index (κ3) is 4.12. The first-order chi connectivity index (χ1) is 11.7. The number of carbonyl (C=O) groups is 1. The van der Waals surface area contributed by atoms with Crippen LogP contribution in [0.2, 0.25) is 0 Å². The number of esters is 1. The molecule has 0 radical (unpaired) electrons. The van der Waals surface area contributed by atoms with Crippen LogP contribution in [0.4, 0.5) is 0 Å². The van der Waals surface area contributed by atoms with E-state index in [-0.39, 0.29) is 18.4 Å². The van der Waals surface area contributed by atoms with Gasteiger partial charge in [0.25, 0.3) is 0 Å². The van der Waals surface area contributed by atoms with E-state index in [9.17, 15) is 4.79 Å². The van der Waals surface area contributed by atoms with Gasteiger partial charge in [0.2, 0.25) is 0 Å². The molecule has 0 aliphatic heterocycles. The fourth-order valence-electron chi connectivity index (χ4n) is 3.11. The maximum atomic E-state index is 12.6. The molecule has 132 valence electrons. The number of halogens is 1. The summed E-state index contributed by atoms with van der Waals surface area (Å²) >= 11 is 0. The molecule has 0 aliphatic carbocycles. The van der Waals surface area contributed by atoms with Crippen molar-refractivity contribution in [2.75, 3.05) is 26.2 Å². The number of rotatable bonds is 6. The van der Waals surface area contributed by atoms with Crippen molar-refractivity contribution in [2.45, 2.75) is 13.8 Å². The van der Waals surface area contributed by atoms with Crippen LogP contribution in [-0.4, -0.2) is 37.1 Å². The van der Waals surface area contributed by atoms with Gasteiger partial charge in [-0.3, -0.25) is 0 Å². The summed E-state index contributed by atoms with van der Waals surface area (Å²) in [5.74, 6) is -0.246. The summed E-state index contributed by atoms with van der Waals surface area (Å²) in [5, 5.41) is 4.26. The Morgan fingerprint density at radius 3 is 2.20 bits per heavy atom. The van der Waals surface area contributed by atoms with Gasteiger partial charge in [-0.1, -0.05) is 62.4 Å². The molecule has 3 aromatic rings. The Balaban J connectivity index is 0.00000225. The number of likely N-dealkylation sites (N-methyl/N-ethyl adjacent to an activating group) is 1. The van der Waals surface area contributed by atoms with Crippen molar-refractivity contribution in [3.8, 4) is 0 Å². The topological polar surface area (TPSA) is 29.5 Å². The summed E-state index contributed by atoms with van der Waals surface area (Å²) < 4.78 is 5.54. The van der Waals surface area contributed by atoms with E-state index in [0.717, 1.165) is 41.2 Å². The molecule has 0 fully saturated rings. The number of hydrogen-bond donors (Lipinski definition) is 0. The summed E-state index contributed by atoms with van der Waals surface area (Å²) in [6.45, 7) is 7.34. The average molecular weight is 358 g/mol. The van der Waals surface area contributed by atoms with Crippen LogP contribution in [0, 0.1) is 0 Å². The van der Waals surface area contributed by atoms with Gasteiger partial charge in [0, 0.05) is 6.54 Å². The van der Waals surface area contributed by atoms with E-state index < -0.39 is 0 Å². The van der Waals surface area contributed by atoms with E-state index in [2.05, 4.69) is 30.9 Å². The van der Waals surface area contributed by atoms with Crippen molar-refractivity contribution in [1.29, 1.82) is 0 Å². The molecule has 3 aromatic carbocycles. The maximum absolute atomic E-state index is 12.6. The Labute approximate surface area is 155 Å². The number of carbonyl (C=O) groups excluding carboxylic acids is 1. The van der Waals surface area contributed by atoms with Gasteiger partial charge in [0.15, 0.2) is 0 Å². The summed E-state index contributed by atoms with van der Waals surface area (Å²) in [5.41, 5.74) is 0.642. The SMILES string of the molecule is CCN(CC)CCOC(=O)c1cc2ccccc2c2ccccc12.Cl. The highest BCUT2D eigenvalue weighted by atomic mass is 35.5. The predicted octanol–water partition coefficient (Wildman–Crippen LogP) is 4.91. The molecule has 3 rings (SSSR count). The zero-order valence-corrected chi connectivity index (χ0v) is 15.5. The van der Waals surface area contributed by atoms with Gasteiger partial charge in [-0.2, -0.15) is 0 Å². The number of benzene rings is 3. The molecule has 0 saturated carbocycles. The van der Waals surface area contributed by atoms with E-state index in [4.69, 9.17) is 4.74 Å². The average Bonchev–Trinajstić information content (AvgIpc) is 2.64. The van der Waals surface area contributed by atoms with E-state index in [0.29, 0.717) is 12.2 Å². The molecule has 0 saturated heterocycles. The second-order valence-electron chi connectivity index (χ2n) is 5.85. The largest absolute Gasteiger partial charge is 0.461 e. The summed E-state index contributed by atoms with van der Waals surface area (Å²) in [6.07, 6.45) is 0. The van der Waals surface area contributed by atoms with Crippen molar-refractivity contribution in [1.82, 2.24) is 4.90 Å². The zero-order valence-electron chi connectivity index (χ0n) is 14.7. The number of nitrogens with zero attached hydrogens (tertiary/aromatic N) is 1. The van der Waals surface area contributed by atoms with Crippen molar-refractivity contribution in [2.24, 2.45) is 0 Å². The minimum atomic E-state index is -0.246. The fourth-order valence-corrected chi connectivity index (χ4v) is 3.11. The molecular formula is C21H24ClNO2. The first-order valence-corrected chi connectivity index (χ1v) is 8.54. The van der Waals surface area contributed by atoms with Crippen LogP contribution < -0.4 is 0 Å². The normalized spacial score (nSPS) is 10.8. The van der Waals surface area contributed by atoms with Crippen LogP contribution >= 0.6 is 12.4 Å². The third-order valence-corrected chi connectivity index (χ3v) is 4.52. The highest BCUT2D eigenvalue weighted by Gasteiger charge is 2.14. The molecule has 0 aromatic heterocycles. The molecule has 4 heteroatoms. The zero-order chi connectivity index (χ0) is 16.9. The van der Waals surface area contributed by atoms with E-state index in [1.165, 1.54) is 0 Å². The molecule has 0 spiro atoms. The van der Waals surface area contributed by atoms with E-state index >= 15 is 0 Å². The lowest BCUT2D eigenvalue weighted by Crippen LogP contribution is -2.27. The Morgan fingerprint density at radius 1 is 0.920 bits per heavy atom. The van der Waals surface area contributed by atoms with Gasteiger partial charge in [0.1, 0.15) is 6.61 Å². The molecule has 0 amide bonds. The third-order valence-electron chi connectivity index (χ3n) is 4.52. The summed E-state index contributed by atoms with van der Waals surface area (Å²) in [7, 11) is 0. The molecule has 0 unspecified atom stereocenters. The second-order valence-corrected chi connectivity index (χ2v) is 5.85. The van der Waals surface area contributed by atoms with Crippen LogP contribution in [0.1, 0.15) is 24.2 Å².